The molecule has 1 aromatic carbocycles. The molecular weight excluding hydrogens is 216 g/mol. The first-order valence-electron chi connectivity index (χ1n) is 5.61. The van der Waals surface area contributed by atoms with Crippen LogP contribution in [0.5, 0.6) is 0 Å². The Balaban J connectivity index is 2.02. The van der Waals surface area contributed by atoms with Gasteiger partial charge in [-0.25, -0.2) is 4.98 Å². The van der Waals surface area contributed by atoms with Crippen molar-refractivity contribution in [1.82, 2.24) is 10.3 Å². The van der Waals surface area contributed by atoms with Crippen molar-refractivity contribution in [2.45, 2.75) is 19.9 Å². The number of rotatable bonds is 5. The summed E-state index contributed by atoms with van der Waals surface area (Å²) >= 11 is 1.76. The SMILES string of the molecule is CCCNCc1cnc(-c2ccccc2)s1. The molecule has 2 aromatic rings. The van der Waals surface area contributed by atoms with Crippen LogP contribution in [0, 0.1) is 0 Å². The molecule has 0 aliphatic heterocycles. The van der Waals surface area contributed by atoms with Crippen LogP contribution >= 0.6 is 11.3 Å². The molecule has 0 aliphatic rings. The smallest absolute Gasteiger partial charge is 0.123 e. The molecule has 1 heterocycles. The minimum absolute atomic E-state index is 0.929. The highest BCUT2D eigenvalue weighted by atomic mass is 32.1. The zero-order valence-corrected chi connectivity index (χ0v) is 10.3. The third kappa shape index (κ3) is 2.90. The molecule has 0 saturated heterocycles. The van der Waals surface area contributed by atoms with Crippen molar-refractivity contribution in [1.29, 1.82) is 0 Å². The van der Waals surface area contributed by atoms with E-state index >= 15 is 0 Å². The van der Waals surface area contributed by atoms with Crippen LogP contribution in [0.25, 0.3) is 10.6 Å². The normalized spacial score (nSPS) is 10.6. The molecule has 2 nitrogen and oxygen atoms in total. The van der Waals surface area contributed by atoms with Crippen molar-refractivity contribution in [3.05, 3.63) is 41.4 Å². The van der Waals surface area contributed by atoms with E-state index in [1.807, 2.05) is 24.4 Å². The van der Waals surface area contributed by atoms with Crippen LogP contribution in [0.3, 0.4) is 0 Å². The molecule has 0 fully saturated rings. The number of hydrogen-bond acceptors (Lipinski definition) is 3. The van der Waals surface area contributed by atoms with E-state index in [-0.39, 0.29) is 0 Å². The maximum absolute atomic E-state index is 4.44. The Morgan fingerprint density at radius 2 is 2.06 bits per heavy atom. The molecule has 0 radical (unpaired) electrons. The summed E-state index contributed by atoms with van der Waals surface area (Å²) in [5, 5.41) is 4.49. The number of nitrogens with one attached hydrogen (secondary N) is 1. The number of benzene rings is 1. The van der Waals surface area contributed by atoms with Gasteiger partial charge in [-0.1, -0.05) is 37.3 Å². The quantitative estimate of drug-likeness (QED) is 0.800. The van der Waals surface area contributed by atoms with E-state index in [1.54, 1.807) is 11.3 Å². The highest BCUT2D eigenvalue weighted by Gasteiger charge is 2.03. The fraction of sp³-hybridized carbons (Fsp3) is 0.308. The standard InChI is InChI=1S/C13H16N2S/c1-2-8-14-9-12-10-15-13(16-12)11-6-4-3-5-7-11/h3-7,10,14H,2,8-9H2,1H3. The zero-order valence-electron chi connectivity index (χ0n) is 9.44. The van der Waals surface area contributed by atoms with E-state index in [2.05, 4.69) is 29.4 Å². The summed E-state index contributed by atoms with van der Waals surface area (Å²) < 4.78 is 0. The molecule has 16 heavy (non-hydrogen) atoms. The number of aromatic nitrogens is 1. The van der Waals surface area contributed by atoms with Gasteiger partial charge in [-0.05, 0) is 13.0 Å². The van der Waals surface area contributed by atoms with Gasteiger partial charge in [-0.2, -0.15) is 0 Å². The number of nitrogens with zero attached hydrogens (tertiary/aromatic N) is 1. The summed E-state index contributed by atoms with van der Waals surface area (Å²) in [7, 11) is 0. The van der Waals surface area contributed by atoms with Crippen molar-refractivity contribution in [3.8, 4) is 10.6 Å². The monoisotopic (exact) mass is 232 g/mol. The lowest BCUT2D eigenvalue weighted by Gasteiger charge is -1.98. The Morgan fingerprint density at radius 1 is 1.25 bits per heavy atom. The van der Waals surface area contributed by atoms with Crippen LogP contribution in [-0.2, 0) is 6.54 Å². The average Bonchev–Trinajstić information content (AvgIpc) is 2.79. The molecular formula is C13H16N2S. The molecule has 0 unspecified atom stereocenters. The molecule has 0 aliphatic carbocycles. The molecule has 0 saturated carbocycles. The average molecular weight is 232 g/mol. The Morgan fingerprint density at radius 3 is 2.81 bits per heavy atom. The molecule has 0 spiro atoms. The molecule has 1 N–H and O–H groups in total. The van der Waals surface area contributed by atoms with Crippen LogP contribution < -0.4 is 5.32 Å². The molecule has 0 atom stereocenters. The molecule has 0 bridgehead atoms. The second kappa shape index (κ2) is 5.77. The van der Waals surface area contributed by atoms with Gasteiger partial charge in [-0.15, -0.1) is 11.3 Å². The molecule has 0 amide bonds. The Hall–Kier alpha value is -1.19. The number of thiazole rings is 1. The van der Waals surface area contributed by atoms with Gasteiger partial charge in [0.1, 0.15) is 5.01 Å². The van der Waals surface area contributed by atoms with Crippen molar-refractivity contribution >= 4 is 11.3 Å². The molecule has 3 heteroatoms. The van der Waals surface area contributed by atoms with Gasteiger partial charge >= 0.3 is 0 Å². The van der Waals surface area contributed by atoms with Crippen LogP contribution in [0.2, 0.25) is 0 Å². The van der Waals surface area contributed by atoms with Gasteiger partial charge in [0.15, 0.2) is 0 Å². The predicted molar refractivity (Wildman–Crippen MR) is 69.5 cm³/mol. The fourth-order valence-corrected chi connectivity index (χ4v) is 2.38. The van der Waals surface area contributed by atoms with Gasteiger partial charge in [0, 0.05) is 23.2 Å². The summed E-state index contributed by atoms with van der Waals surface area (Å²) in [5.41, 5.74) is 1.20. The third-order valence-corrected chi connectivity index (χ3v) is 3.35. The minimum atomic E-state index is 0.929. The minimum Gasteiger partial charge on any atom is -0.312 e. The first-order chi connectivity index (χ1) is 7.90. The van der Waals surface area contributed by atoms with E-state index in [0.29, 0.717) is 0 Å². The van der Waals surface area contributed by atoms with Crippen LogP contribution in [-0.4, -0.2) is 11.5 Å². The Bertz CT molecular complexity index is 423. The predicted octanol–water partition coefficient (Wildman–Crippen LogP) is 3.31. The molecule has 2 rings (SSSR count). The summed E-state index contributed by atoms with van der Waals surface area (Å²) in [6.45, 7) is 4.17. The second-order valence-corrected chi connectivity index (χ2v) is 4.79. The fourth-order valence-electron chi connectivity index (χ4n) is 1.49. The van der Waals surface area contributed by atoms with Crippen molar-refractivity contribution < 1.29 is 0 Å². The van der Waals surface area contributed by atoms with Crippen molar-refractivity contribution in [3.63, 3.8) is 0 Å². The largest absolute Gasteiger partial charge is 0.312 e. The van der Waals surface area contributed by atoms with Crippen molar-refractivity contribution in [2.24, 2.45) is 0 Å². The highest BCUT2D eigenvalue weighted by molar-refractivity contribution is 7.15. The zero-order chi connectivity index (χ0) is 11.2. The van der Waals surface area contributed by atoms with Crippen LogP contribution in [0.1, 0.15) is 18.2 Å². The molecule has 84 valence electrons. The maximum Gasteiger partial charge on any atom is 0.123 e. The topological polar surface area (TPSA) is 24.9 Å². The second-order valence-electron chi connectivity index (χ2n) is 3.67. The summed E-state index contributed by atoms with van der Waals surface area (Å²) in [6, 6.07) is 10.3. The number of hydrogen-bond donors (Lipinski definition) is 1. The van der Waals surface area contributed by atoms with E-state index in [1.165, 1.54) is 16.9 Å². The summed E-state index contributed by atoms with van der Waals surface area (Å²) in [5.74, 6) is 0. The lowest BCUT2D eigenvalue weighted by molar-refractivity contribution is 0.681. The lowest BCUT2D eigenvalue weighted by Crippen LogP contribution is -2.12. The van der Waals surface area contributed by atoms with E-state index in [0.717, 1.165) is 18.1 Å². The summed E-state index contributed by atoms with van der Waals surface area (Å²) in [4.78, 5) is 5.74. The van der Waals surface area contributed by atoms with Crippen molar-refractivity contribution in [2.75, 3.05) is 6.54 Å². The van der Waals surface area contributed by atoms with Crippen LogP contribution in [0.15, 0.2) is 36.5 Å². The summed E-state index contributed by atoms with van der Waals surface area (Å²) in [6.07, 6.45) is 3.14. The van der Waals surface area contributed by atoms with Gasteiger partial charge < -0.3 is 5.32 Å². The third-order valence-electron chi connectivity index (χ3n) is 2.30. The maximum atomic E-state index is 4.44. The van der Waals surface area contributed by atoms with E-state index in [9.17, 15) is 0 Å². The van der Waals surface area contributed by atoms with E-state index < -0.39 is 0 Å². The first-order valence-corrected chi connectivity index (χ1v) is 6.42. The molecule has 1 aromatic heterocycles. The van der Waals surface area contributed by atoms with Gasteiger partial charge in [0.05, 0.1) is 0 Å². The van der Waals surface area contributed by atoms with E-state index in [4.69, 9.17) is 0 Å². The first kappa shape index (κ1) is 11.3. The Labute approximate surface area is 100 Å². The highest BCUT2D eigenvalue weighted by Crippen LogP contribution is 2.24. The van der Waals surface area contributed by atoms with Gasteiger partial charge in [-0.3, -0.25) is 0 Å². The van der Waals surface area contributed by atoms with Gasteiger partial charge in [0.25, 0.3) is 0 Å². The lowest BCUT2D eigenvalue weighted by atomic mass is 10.2. The van der Waals surface area contributed by atoms with Crippen LogP contribution in [0.4, 0.5) is 0 Å². The Kier molecular flexibility index (Phi) is 4.08. The van der Waals surface area contributed by atoms with Gasteiger partial charge in [0.2, 0.25) is 0 Å².